The van der Waals surface area contributed by atoms with E-state index in [9.17, 15) is 18.7 Å². The Balaban J connectivity index is 3.29. The molecule has 84 valence electrons. The van der Waals surface area contributed by atoms with E-state index in [-0.39, 0.29) is 5.69 Å². The fourth-order valence-electron chi connectivity index (χ4n) is 1.10. The van der Waals surface area contributed by atoms with E-state index in [1.165, 1.54) is 6.07 Å². The third kappa shape index (κ3) is 2.42. The molecule has 0 aromatic carbocycles. The summed E-state index contributed by atoms with van der Waals surface area (Å²) in [6.45, 7) is 0. The van der Waals surface area contributed by atoms with Gasteiger partial charge in [-0.15, -0.1) is 0 Å². The van der Waals surface area contributed by atoms with E-state index in [0.717, 1.165) is 6.07 Å². The first-order valence-corrected chi connectivity index (χ1v) is 4.08. The van der Waals surface area contributed by atoms with E-state index < -0.39 is 35.8 Å². The molecule has 0 radical (unpaired) electrons. The lowest BCUT2D eigenvalue weighted by Gasteiger charge is -2.06. The molecule has 0 saturated heterocycles. The average Bonchev–Trinajstić information content (AvgIpc) is 2.19. The van der Waals surface area contributed by atoms with E-state index in [4.69, 9.17) is 10.4 Å². The first-order valence-electron chi connectivity index (χ1n) is 4.08. The minimum Gasteiger partial charge on any atom is -0.505 e. The molecule has 7 heteroatoms. The number of carboxylic acid groups (broad SMARTS) is 1. The largest absolute Gasteiger partial charge is 0.505 e. The van der Waals surface area contributed by atoms with Crippen molar-refractivity contribution in [3.63, 3.8) is 0 Å². The lowest BCUT2D eigenvalue weighted by Crippen LogP contribution is -2.05. The zero-order valence-electron chi connectivity index (χ0n) is 7.81. The zero-order valence-corrected chi connectivity index (χ0v) is 7.81. The average molecular weight is 228 g/mol. The van der Waals surface area contributed by atoms with Crippen molar-refractivity contribution in [1.29, 1.82) is 5.26 Å². The maximum Gasteiger partial charge on any atom is 0.309 e. The second kappa shape index (κ2) is 4.53. The summed E-state index contributed by atoms with van der Waals surface area (Å²) in [5.74, 6) is -2.17. The van der Waals surface area contributed by atoms with E-state index in [0.29, 0.717) is 0 Å². The van der Waals surface area contributed by atoms with E-state index >= 15 is 0 Å². The molecular weight excluding hydrogens is 222 g/mol. The number of carbonyl (C=O) groups is 1. The fraction of sp³-hybridized carbons (Fsp3) is 0.222. The highest BCUT2D eigenvalue weighted by atomic mass is 19.3. The summed E-state index contributed by atoms with van der Waals surface area (Å²) in [6.07, 6.45) is -3.59. The number of hydrogen-bond donors (Lipinski definition) is 2. The second-order valence-corrected chi connectivity index (χ2v) is 2.88. The number of aromatic nitrogens is 1. The van der Waals surface area contributed by atoms with Gasteiger partial charge in [0, 0.05) is 0 Å². The van der Waals surface area contributed by atoms with Gasteiger partial charge >= 0.3 is 5.97 Å². The lowest BCUT2D eigenvalue weighted by atomic mass is 10.1. The van der Waals surface area contributed by atoms with Crippen LogP contribution in [-0.2, 0) is 11.2 Å². The van der Waals surface area contributed by atoms with E-state index in [1.54, 1.807) is 0 Å². The molecule has 0 spiro atoms. The summed E-state index contributed by atoms with van der Waals surface area (Å²) in [7, 11) is 0. The van der Waals surface area contributed by atoms with Gasteiger partial charge in [-0.05, 0) is 6.07 Å². The van der Waals surface area contributed by atoms with Gasteiger partial charge in [-0.2, -0.15) is 5.26 Å². The number of aromatic hydroxyl groups is 1. The van der Waals surface area contributed by atoms with Crippen LogP contribution in [-0.4, -0.2) is 21.2 Å². The molecule has 16 heavy (non-hydrogen) atoms. The van der Waals surface area contributed by atoms with Gasteiger partial charge in [-0.1, -0.05) is 0 Å². The molecule has 0 saturated carbocycles. The van der Waals surface area contributed by atoms with Crippen LogP contribution in [0.4, 0.5) is 8.78 Å². The predicted octanol–water partition coefficient (Wildman–Crippen LogP) is 1.22. The van der Waals surface area contributed by atoms with E-state index in [1.807, 2.05) is 0 Å². The van der Waals surface area contributed by atoms with Crippen molar-refractivity contribution in [3.8, 4) is 11.8 Å². The Hall–Kier alpha value is -2.23. The molecule has 1 rings (SSSR count). The van der Waals surface area contributed by atoms with Crippen molar-refractivity contribution in [3.05, 3.63) is 23.0 Å². The quantitative estimate of drug-likeness (QED) is 0.811. The van der Waals surface area contributed by atoms with Crippen molar-refractivity contribution in [1.82, 2.24) is 4.98 Å². The van der Waals surface area contributed by atoms with Gasteiger partial charge in [-0.3, -0.25) is 4.79 Å². The minimum atomic E-state index is -3.00. The summed E-state index contributed by atoms with van der Waals surface area (Å²) in [4.78, 5) is 13.8. The molecule has 1 aromatic rings. The van der Waals surface area contributed by atoms with Crippen LogP contribution in [0.15, 0.2) is 6.07 Å². The smallest absolute Gasteiger partial charge is 0.309 e. The fourth-order valence-corrected chi connectivity index (χ4v) is 1.10. The number of pyridine rings is 1. The number of nitrogens with zero attached hydrogens (tertiary/aromatic N) is 2. The molecule has 0 bridgehead atoms. The molecule has 5 nitrogen and oxygen atoms in total. The van der Waals surface area contributed by atoms with Crippen molar-refractivity contribution in [2.75, 3.05) is 0 Å². The normalized spacial score (nSPS) is 10.1. The Labute approximate surface area is 88.6 Å². The molecule has 1 heterocycles. The summed E-state index contributed by atoms with van der Waals surface area (Å²) in [6, 6.07) is 2.19. The number of carboxylic acids is 1. The van der Waals surface area contributed by atoms with Gasteiger partial charge < -0.3 is 10.2 Å². The van der Waals surface area contributed by atoms with Crippen LogP contribution in [0.2, 0.25) is 0 Å². The monoisotopic (exact) mass is 228 g/mol. The van der Waals surface area contributed by atoms with Gasteiger partial charge in [-0.25, -0.2) is 13.8 Å². The van der Waals surface area contributed by atoms with Crippen LogP contribution in [0.5, 0.6) is 5.75 Å². The predicted molar refractivity (Wildman–Crippen MR) is 46.9 cm³/mol. The van der Waals surface area contributed by atoms with Gasteiger partial charge in [0.25, 0.3) is 6.43 Å². The Kier molecular flexibility index (Phi) is 3.35. The Bertz CT molecular complexity index is 469. The van der Waals surface area contributed by atoms with Crippen LogP contribution in [0, 0.1) is 11.3 Å². The number of alkyl halides is 2. The topological polar surface area (TPSA) is 94.2 Å². The van der Waals surface area contributed by atoms with Crippen molar-refractivity contribution in [2.45, 2.75) is 12.8 Å². The molecule has 2 N–H and O–H groups in total. The molecule has 0 aliphatic rings. The van der Waals surface area contributed by atoms with Crippen molar-refractivity contribution < 1.29 is 23.8 Å². The summed E-state index contributed by atoms with van der Waals surface area (Å²) >= 11 is 0. The highest BCUT2D eigenvalue weighted by Crippen LogP contribution is 2.30. The van der Waals surface area contributed by atoms with Crippen LogP contribution >= 0.6 is 0 Å². The van der Waals surface area contributed by atoms with Gasteiger partial charge in [0.2, 0.25) is 0 Å². The van der Waals surface area contributed by atoms with Crippen molar-refractivity contribution >= 4 is 5.97 Å². The van der Waals surface area contributed by atoms with Gasteiger partial charge in [0.1, 0.15) is 6.07 Å². The molecule has 0 amide bonds. The third-order valence-corrected chi connectivity index (χ3v) is 1.75. The standard InChI is InChI=1S/C9H6F2N2O3/c10-9(11)5-1-4(2-7(14)15)13-6(3-12)8(5)16/h1,9,16H,2H2,(H,14,15). The molecule has 0 aliphatic heterocycles. The van der Waals surface area contributed by atoms with Crippen LogP contribution in [0.3, 0.4) is 0 Å². The van der Waals surface area contributed by atoms with Crippen LogP contribution < -0.4 is 0 Å². The lowest BCUT2D eigenvalue weighted by molar-refractivity contribution is -0.136. The number of nitriles is 1. The number of hydrogen-bond acceptors (Lipinski definition) is 4. The summed E-state index contributed by atoms with van der Waals surface area (Å²) in [5, 5.41) is 26.2. The Morgan fingerprint density at radius 2 is 2.25 bits per heavy atom. The van der Waals surface area contributed by atoms with Gasteiger partial charge in [0.05, 0.1) is 17.7 Å². The van der Waals surface area contributed by atoms with Crippen LogP contribution in [0.25, 0.3) is 0 Å². The highest BCUT2D eigenvalue weighted by Gasteiger charge is 2.19. The zero-order chi connectivity index (χ0) is 12.3. The maximum atomic E-state index is 12.4. The molecule has 1 aromatic heterocycles. The molecule has 0 atom stereocenters. The summed E-state index contributed by atoms with van der Waals surface area (Å²) < 4.78 is 24.8. The molecule has 0 fully saturated rings. The first kappa shape index (κ1) is 11.8. The Morgan fingerprint density at radius 3 is 2.69 bits per heavy atom. The third-order valence-electron chi connectivity index (χ3n) is 1.75. The molecular formula is C9H6F2N2O3. The minimum absolute atomic E-state index is 0.197. The SMILES string of the molecule is N#Cc1nc(CC(=O)O)cc(C(F)F)c1O. The maximum absolute atomic E-state index is 12.4. The molecule has 0 aliphatic carbocycles. The highest BCUT2D eigenvalue weighted by molar-refractivity contribution is 5.69. The van der Waals surface area contributed by atoms with Crippen molar-refractivity contribution in [2.24, 2.45) is 0 Å². The molecule has 0 unspecified atom stereocenters. The van der Waals surface area contributed by atoms with E-state index in [2.05, 4.69) is 4.98 Å². The summed E-state index contributed by atoms with van der Waals surface area (Å²) in [5.41, 5.74) is -1.59. The number of rotatable bonds is 3. The van der Waals surface area contributed by atoms with Crippen LogP contribution in [0.1, 0.15) is 23.4 Å². The first-order chi connectivity index (χ1) is 7.45. The number of aliphatic carboxylic acids is 1. The second-order valence-electron chi connectivity index (χ2n) is 2.88. The number of halogens is 2. The van der Waals surface area contributed by atoms with Gasteiger partial charge in [0.15, 0.2) is 11.4 Å². The Morgan fingerprint density at radius 1 is 1.62 bits per heavy atom.